The van der Waals surface area contributed by atoms with E-state index in [4.69, 9.17) is 14.2 Å². The Bertz CT molecular complexity index is 555. The Morgan fingerprint density at radius 1 is 1.27 bits per heavy atom. The quantitative estimate of drug-likeness (QED) is 0.679. The largest absolute Gasteiger partial charge is 1.00 e. The van der Waals surface area contributed by atoms with Crippen LogP contribution in [0.3, 0.4) is 0 Å². The Labute approximate surface area is 160 Å². The Morgan fingerprint density at radius 3 is 2.54 bits per heavy atom. The number of benzene rings is 1. The lowest BCUT2D eigenvalue weighted by Gasteiger charge is -2.31. The molecule has 1 aliphatic heterocycles. The van der Waals surface area contributed by atoms with Gasteiger partial charge >= 0.3 is 5.97 Å². The zero-order valence-corrected chi connectivity index (χ0v) is 16.4. The van der Waals surface area contributed by atoms with Crippen molar-refractivity contribution in [3.05, 3.63) is 30.1 Å². The van der Waals surface area contributed by atoms with Crippen molar-refractivity contribution in [1.82, 2.24) is 0 Å². The predicted octanol–water partition coefficient (Wildman–Crippen LogP) is -0.656. The van der Waals surface area contributed by atoms with E-state index in [1.54, 1.807) is 19.1 Å². The van der Waals surface area contributed by atoms with E-state index in [-0.39, 0.29) is 36.3 Å². The monoisotopic (exact) mass is 389 g/mol. The summed E-state index contributed by atoms with van der Waals surface area (Å²) in [4.78, 5) is 12.1. The highest BCUT2D eigenvalue weighted by Gasteiger charge is 2.36. The molecule has 0 radical (unpaired) electrons. The van der Waals surface area contributed by atoms with Crippen LogP contribution in [0.2, 0.25) is 0 Å². The molecule has 0 amide bonds. The fraction of sp³-hybridized carbons (Fsp3) is 0.632. The number of esters is 1. The van der Waals surface area contributed by atoms with Crippen molar-refractivity contribution in [3.63, 3.8) is 0 Å². The van der Waals surface area contributed by atoms with Crippen LogP contribution in [-0.2, 0) is 14.3 Å². The highest BCUT2D eigenvalue weighted by Crippen LogP contribution is 2.24. The van der Waals surface area contributed by atoms with E-state index >= 15 is 0 Å². The Morgan fingerprint density at radius 2 is 1.92 bits per heavy atom. The van der Waals surface area contributed by atoms with E-state index < -0.39 is 12.2 Å². The van der Waals surface area contributed by atoms with Crippen LogP contribution < -0.4 is 22.9 Å². The zero-order valence-electron chi connectivity index (χ0n) is 15.6. The van der Waals surface area contributed by atoms with Gasteiger partial charge in [-0.15, -0.1) is 0 Å². The fourth-order valence-corrected chi connectivity index (χ4v) is 2.83. The van der Waals surface area contributed by atoms with Crippen LogP contribution >= 0.6 is 0 Å². The summed E-state index contributed by atoms with van der Waals surface area (Å²) >= 11 is 0. The summed E-state index contributed by atoms with van der Waals surface area (Å²) in [6, 6.07) is 5.45. The van der Waals surface area contributed by atoms with Crippen LogP contribution in [0.1, 0.15) is 40.0 Å². The Balaban J connectivity index is 0.00000338. The van der Waals surface area contributed by atoms with E-state index in [0.29, 0.717) is 24.7 Å². The maximum Gasteiger partial charge on any atom is 0.365 e. The molecule has 1 saturated heterocycles. The molecule has 0 bridgehead atoms. The first-order valence-electron chi connectivity index (χ1n) is 8.94. The van der Waals surface area contributed by atoms with Gasteiger partial charge < -0.3 is 32.4 Å². The van der Waals surface area contributed by atoms with Crippen LogP contribution in [0.4, 0.5) is 4.39 Å². The molecule has 0 unspecified atom stereocenters. The first kappa shape index (κ1) is 22.7. The minimum Gasteiger partial charge on any atom is -1.00 e. The molecule has 1 aromatic rings. The van der Waals surface area contributed by atoms with Gasteiger partial charge in [-0.1, -0.05) is 13.8 Å². The molecular weight excluding hydrogens is 361 g/mol. The molecule has 0 aromatic heterocycles. The van der Waals surface area contributed by atoms with Gasteiger partial charge in [-0.05, 0) is 49.9 Å². The first-order valence-corrected chi connectivity index (χ1v) is 8.94. The van der Waals surface area contributed by atoms with Crippen LogP contribution in [0.5, 0.6) is 5.75 Å². The van der Waals surface area contributed by atoms with E-state index in [0.717, 1.165) is 12.8 Å². The molecule has 1 aromatic carbocycles. The van der Waals surface area contributed by atoms with Crippen molar-refractivity contribution in [2.75, 3.05) is 6.61 Å². The van der Waals surface area contributed by atoms with Crippen LogP contribution in [0.15, 0.2) is 24.3 Å². The SMILES string of the molecule is CC(C)CO[C@H]1CCC[C@H]([NH3+])C(=O)O[C@@H](C)[C@@H]1Oc1ccc(F)cc1.[Cl-]. The number of hydrogen-bond donors (Lipinski definition) is 1. The third-order valence-electron chi connectivity index (χ3n) is 4.24. The minimum atomic E-state index is -0.489. The van der Waals surface area contributed by atoms with Gasteiger partial charge in [0.1, 0.15) is 17.7 Å². The minimum absolute atomic E-state index is 0. The van der Waals surface area contributed by atoms with Gasteiger partial charge in [0.2, 0.25) is 0 Å². The van der Waals surface area contributed by atoms with Crippen LogP contribution in [0.25, 0.3) is 0 Å². The van der Waals surface area contributed by atoms with Crippen molar-refractivity contribution in [3.8, 4) is 5.75 Å². The summed E-state index contributed by atoms with van der Waals surface area (Å²) in [5.74, 6) is 0.272. The molecule has 1 aliphatic rings. The maximum atomic E-state index is 13.1. The smallest absolute Gasteiger partial charge is 0.365 e. The normalized spacial score (nSPS) is 26.9. The van der Waals surface area contributed by atoms with Gasteiger partial charge in [0.15, 0.2) is 12.1 Å². The summed E-state index contributed by atoms with van der Waals surface area (Å²) in [6.07, 6.45) is 1.07. The molecule has 148 valence electrons. The molecule has 0 saturated carbocycles. The number of carbonyl (C=O) groups is 1. The lowest BCUT2D eigenvalue weighted by atomic mass is 10.0. The molecule has 3 N–H and O–H groups in total. The Hall–Kier alpha value is -1.37. The number of cyclic esters (lactones) is 1. The van der Waals surface area contributed by atoms with Gasteiger partial charge in [-0.2, -0.15) is 0 Å². The summed E-state index contributed by atoms with van der Waals surface area (Å²) in [6.45, 7) is 6.57. The summed E-state index contributed by atoms with van der Waals surface area (Å²) in [7, 11) is 0. The fourth-order valence-electron chi connectivity index (χ4n) is 2.83. The second-order valence-electron chi connectivity index (χ2n) is 7.07. The lowest BCUT2D eigenvalue weighted by Crippen LogP contribution is -3.00. The van der Waals surface area contributed by atoms with Crippen LogP contribution in [-0.4, -0.2) is 36.9 Å². The molecule has 5 nitrogen and oxygen atoms in total. The lowest BCUT2D eigenvalue weighted by molar-refractivity contribution is -0.410. The van der Waals surface area contributed by atoms with Gasteiger partial charge in [0.25, 0.3) is 0 Å². The molecule has 7 heteroatoms. The van der Waals surface area contributed by atoms with E-state index in [9.17, 15) is 9.18 Å². The third-order valence-corrected chi connectivity index (χ3v) is 4.24. The van der Waals surface area contributed by atoms with Gasteiger partial charge in [-0.3, -0.25) is 0 Å². The summed E-state index contributed by atoms with van der Waals surface area (Å²) < 4.78 is 30.8. The van der Waals surface area contributed by atoms with Gasteiger partial charge in [-0.25, -0.2) is 9.18 Å². The molecule has 26 heavy (non-hydrogen) atoms. The molecule has 1 fully saturated rings. The second-order valence-corrected chi connectivity index (χ2v) is 7.07. The maximum absolute atomic E-state index is 13.1. The number of ether oxygens (including phenoxy) is 3. The highest BCUT2D eigenvalue weighted by molar-refractivity contribution is 5.74. The summed E-state index contributed by atoms with van der Waals surface area (Å²) in [5, 5.41) is 0. The number of quaternary nitrogens is 1. The van der Waals surface area contributed by atoms with Crippen molar-refractivity contribution in [2.45, 2.75) is 64.4 Å². The number of carbonyl (C=O) groups excluding carboxylic acids is 1. The van der Waals surface area contributed by atoms with Gasteiger partial charge in [0.05, 0.1) is 6.10 Å². The molecular formula is C19H29ClFNO4. The van der Waals surface area contributed by atoms with Crippen molar-refractivity contribution in [2.24, 2.45) is 5.92 Å². The van der Waals surface area contributed by atoms with Crippen LogP contribution in [0, 0.1) is 11.7 Å². The van der Waals surface area contributed by atoms with Crippen molar-refractivity contribution >= 4 is 5.97 Å². The molecule has 0 spiro atoms. The first-order chi connectivity index (χ1) is 11.9. The number of hydrogen-bond acceptors (Lipinski definition) is 4. The molecule has 4 atom stereocenters. The standard InChI is InChI=1S/C19H28FNO4.ClH/c1-12(2)11-23-17-6-4-5-16(21)19(22)24-13(3)18(17)25-15-9-7-14(20)8-10-15;/h7-10,12-13,16-18H,4-6,11,21H2,1-3H3;1H/t13-,16-,17-,18-;/m0./s1. The van der Waals surface area contributed by atoms with E-state index in [1.165, 1.54) is 12.1 Å². The zero-order chi connectivity index (χ0) is 18.4. The number of halogens is 2. The van der Waals surface area contributed by atoms with E-state index in [2.05, 4.69) is 19.6 Å². The van der Waals surface area contributed by atoms with Gasteiger partial charge in [0, 0.05) is 13.0 Å². The average molecular weight is 390 g/mol. The highest BCUT2D eigenvalue weighted by atomic mass is 35.5. The Kier molecular flexibility index (Phi) is 9.33. The third kappa shape index (κ3) is 6.74. The molecule has 1 heterocycles. The average Bonchev–Trinajstić information content (AvgIpc) is 2.60. The second kappa shape index (κ2) is 10.7. The summed E-state index contributed by atoms with van der Waals surface area (Å²) in [5.41, 5.74) is 3.88. The van der Waals surface area contributed by atoms with E-state index in [1.807, 2.05) is 0 Å². The molecule has 0 aliphatic carbocycles. The predicted molar refractivity (Wildman–Crippen MR) is 91.5 cm³/mol. The van der Waals surface area contributed by atoms with Crippen molar-refractivity contribution < 1.29 is 41.5 Å². The topological polar surface area (TPSA) is 72.4 Å². The van der Waals surface area contributed by atoms with Crippen molar-refractivity contribution in [1.29, 1.82) is 0 Å². The molecule has 2 rings (SSSR count). The number of rotatable bonds is 5.